The van der Waals surface area contributed by atoms with Gasteiger partial charge in [0.05, 0.1) is 31.1 Å². The first-order valence-corrected chi connectivity index (χ1v) is 11.7. The number of aromatic nitrogens is 3. The van der Waals surface area contributed by atoms with Crippen molar-refractivity contribution in [2.75, 3.05) is 7.11 Å². The van der Waals surface area contributed by atoms with Gasteiger partial charge in [0.25, 0.3) is 5.91 Å². The average molecular weight is 521 g/mol. The van der Waals surface area contributed by atoms with Gasteiger partial charge in [0.2, 0.25) is 5.89 Å². The van der Waals surface area contributed by atoms with Gasteiger partial charge in [-0.05, 0) is 54.4 Å². The first kappa shape index (κ1) is 25.1. The number of methoxy groups -OCH3 is 1. The minimum atomic E-state index is -4.84. The number of carbonyl (C=O) groups excluding carboxylic acids is 1. The quantitative estimate of drug-likeness (QED) is 0.256. The molecule has 38 heavy (non-hydrogen) atoms. The van der Waals surface area contributed by atoms with Crippen LogP contribution in [0.25, 0.3) is 16.8 Å². The molecule has 0 aliphatic heterocycles. The summed E-state index contributed by atoms with van der Waals surface area (Å²) in [5.41, 5.74) is 1.26. The fourth-order valence-electron chi connectivity index (χ4n) is 4.18. The van der Waals surface area contributed by atoms with Crippen LogP contribution in [-0.2, 0) is 19.3 Å². The molecule has 0 atom stereocenters. The van der Waals surface area contributed by atoms with E-state index in [0.29, 0.717) is 22.4 Å². The molecule has 0 saturated carbocycles. The van der Waals surface area contributed by atoms with E-state index in [1.54, 1.807) is 48.5 Å². The molecule has 2 heterocycles. The van der Waals surface area contributed by atoms with Crippen molar-refractivity contribution < 1.29 is 27.1 Å². The third kappa shape index (κ3) is 5.10. The SMILES string of the molecule is COc1ccc(CN(Cc2nc3cc(C)ccc3o2)C(=O)c2cnn(-c3ccccc3)c2C(F)(F)F)cc1. The summed E-state index contributed by atoms with van der Waals surface area (Å²) < 4.78 is 54.6. The standard InChI is InChI=1S/C28H23F3N4O3/c1-18-8-13-24-23(14-18)33-25(38-24)17-34(16-19-9-11-21(37-2)12-10-19)27(36)22-15-32-35(26(22)28(29,30)31)20-6-4-3-5-7-20/h3-15H,16-17H2,1-2H3. The lowest BCUT2D eigenvalue weighted by Gasteiger charge is -2.22. The van der Waals surface area contributed by atoms with Crippen LogP contribution in [0.5, 0.6) is 5.75 Å². The van der Waals surface area contributed by atoms with Crippen LogP contribution in [-0.4, -0.2) is 32.7 Å². The van der Waals surface area contributed by atoms with Crippen molar-refractivity contribution in [3.63, 3.8) is 0 Å². The Morgan fingerprint density at radius 2 is 1.76 bits per heavy atom. The average Bonchev–Trinajstić information content (AvgIpc) is 3.53. The number of benzene rings is 3. The van der Waals surface area contributed by atoms with Gasteiger partial charge in [-0.25, -0.2) is 9.67 Å². The molecule has 2 aromatic heterocycles. The minimum Gasteiger partial charge on any atom is -0.497 e. The lowest BCUT2D eigenvalue weighted by molar-refractivity contribution is -0.143. The van der Waals surface area contributed by atoms with Gasteiger partial charge in [0, 0.05) is 6.54 Å². The highest BCUT2D eigenvalue weighted by molar-refractivity contribution is 5.95. The van der Waals surface area contributed by atoms with Gasteiger partial charge in [-0.15, -0.1) is 0 Å². The Balaban J connectivity index is 1.55. The molecule has 3 aromatic carbocycles. The van der Waals surface area contributed by atoms with Crippen LogP contribution >= 0.6 is 0 Å². The largest absolute Gasteiger partial charge is 0.497 e. The number of fused-ring (bicyclic) bond motifs is 1. The van der Waals surface area contributed by atoms with Gasteiger partial charge in [-0.1, -0.05) is 36.4 Å². The molecule has 0 radical (unpaired) electrons. The van der Waals surface area contributed by atoms with Crippen molar-refractivity contribution in [1.29, 1.82) is 0 Å². The summed E-state index contributed by atoms with van der Waals surface area (Å²) in [6, 6.07) is 20.3. The maximum Gasteiger partial charge on any atom is 0.434 e. The number of hydrogen-bond donors (Lipinski definition) is 0. The van der Waals surface area contributed by atoms with Crippen molar-refractivity contribution in [2.24, 2.45) is 0 Å². The summed E-state index contributed by atoms with van der Waals surface area (Å²) >= 11 is 0. The van der Waals surface area contributed by atoms with Gasteiger partial charge in [-0.3, -0.25) is 4.79 Å². The van der Waals surface area contributed by atoms with E-state index in [-0.39, 0.29) is 24.7 Å². The number of nitrogens with zero attached hydrogens (tertiary/aromatic N) is 4. The molecular formula is C28H23F3N4O3. The Morgan fingerprint density at radius 1 is 1.03 bits per heavy atom. The minimum absolute atomic E-state index is 0.00833. The summed E-state index contributed by atoms with van der Waals surface area (Å²) in [6.45, 7) is 1.77. The zero-order valence-corrected chi connectivity index (χ0v) is 20.6. The Bertz CT molecular complexity index is 1580. The van der Waals surface area contributed by atoms with E-state index in [1.807, 2.05) is 19.1 Å². The maximum absolute atomic E-state index is 14.3. The maximum atomic E-state index is 14.3. The zero-order chi connectivity index (χ0) is 26.9. The highest BCUT2D eigenvalue weighted by Gasteiger charge is 2.41. The van der Waals surface area contributed by atoms with Crippen molar-refractivity contribution in [3.05, 3.63) is 107 Å². The van der Waals surface area contributed by atoms with Gasteiger partial charge in [-0.2, -0.15) is 18.3 Å². The normalized spacial score (nSPS) is 11.6. The van der Waals surface area contributed by atoms with E-state index < -0.39 is 23.3 Å². The summed E-state index contributed by atoms with van der Waals surface area (Å²) in [6.07, 6.45) is -3.88. The van der Waals surface area contributed by atoms with Gasteiger partial charge < -0.3 is 14.1 Å². The molecule has 0 bridgehead atoms. The van der Waals surface area contributed by atoms with Crippen molar-refractivity contribution in [3.8, 4) is 11.4 Å². The highest BCUT2D eigenvalue weighted by atomic mass is 19.4. The molecular weight excluding hydrogens is 497 g/mol. The second-order valence-corrected chi connectivity index (χ2v) is 8.74. The van der Waals surface area contributed by atoms with Crippen molar-refractivity contribution >= 4 is 17.0 Å². The number of rotatable bonds is 7. The van der Waals surface area contributed by atoms with E-state index in [4.69, 9.17) is 9.15 Å². The topological polar surface area (TPSA) is 73.4 Å². The molecule has 0 unspecified atom stereocenters. The highest BCUT2D eigenvalue weighted by Crippen LogP contribution is 2.34. The molecule has 0 aliphatic carbocycles. The predicted molar refractivity (Wildman–Crippen MR) is 134 cm³/mol. The van der Waals surface area contributed by atoms with E-state index >= 15 is 0 Å². The summed E-state index contributed by atoms with van der Waals surface area (Å²) in [5, 5.41) is 3.93. The number of amides is 1. The Labute approximate surface area is 216 Å². The first-order chi connectivity index (χ1) is 18.2. The molecule has 10 heteroatoms. The number of hydrogen-bond acceptors (Lipinski definition) is 5. The van der Waals surface area contributed by atoms with Crippen LogP contribution in [0.4, 0.5) is 13.2 Å². The molecule has 0 aliphatic rings. The van der Waals surface area contributed by atoms with E-state index in [2.05, 4.69) is 10.1 Å². The lowest BCUT2D eigenvalue weighted by Crippen LogP contribution is -2.32. The lowest BCUT2D eigenvalue weighted by atomic mass is 10.1. The molecule has 7 nitrogen and oxygen atoms in total. The Kier molecular flexibility index (Phi) is 6.62. The van der Waals surface area contributed by atoms with E-state index in [9.17, 15) is 18.0 Å². The molecule has 0 spiro atoms. The number of carbonyl (C=O) groups is 1. The van der Waals surface area contributed by atoms with Crippen LogP contribution in [0, 0.1) is 6.92 Å². The fraction of sp³-hybridized carbons (Fsp3) is 0.179. The van der Waals surface area contributed by atoms with Gasteiger partial charge in [0.1, 0.15) is 11.3 Å². The van der Waals surface area contributed by atoms with Crippen molar-refractivity contribution in [1.82, 2.24) is 19.7 Å². The monoisotopic (exact) mass is 520 g/mol. The summed E-state index contributed by atoms with van der Waals surface area (Å²) in [5.74, 6) is -0.0327. The summed E-state index contributed by atoms with van der Waals surface area (Å²) in [7, 11) is 1.53. The van der Waals surface area contributed by atoms with Crippen LogP contribution in [0.15, 0.2) is 83.4 Å². The third-order valence-corrected chi connectivity index (χ3v) is 6.00. The van der Waals surface area contributed by atoms with E-state index in [1.165, 1.54) is 24.1 Å². The number of alkyl halides is 3. The first-order valence-electron chi connectivity index (χ1n) is 11.7. The van der Waals surface area contributed by atoms with Crippen LogP contribution in [0.2, 0.25) is 0 Å². The molecule has 194 valence electrons. The zero-order valence-electron chi connectivity index (χ0n) is 20.6. The fourth-order valence-corrected chi connectivity index (χ4v) is 4.18. The number of oxazole rings is 1. The number of ether oxygens (including phenoxy) is 1. The molecule has 5 aromatic rings. The smallest absolute Gasteiger partial charge is 0.434 e. The Hall–Kier alpha value is -4.60. The molecule has 5 rings (SSSR count). The molecule has 0 saturated heterocycles. The molecule has 0 N–H and O–H groups in total. The summed E-state index contributed by atoms with van der Waals surface area (Å²) in [4.78, 5) is 19.5. The van der Waals surface area contributed by atoms with E-state index in [0.717, 1.165) is 16.4 Å². The Morgan fingerprint density at radius 3 is 2.45 bits per heavy atom. The van der Waals surface area contributed by atoms with Crippen LogP contribution < -0.4 is 4.74 Å². The van der Waals surface area contributed by atoms with Gasteiger partial charge >= 0.3 is 6.18 Å². The second-order valence-electron chi connectivity index (χ2n) is 8.74. The van der Waals surface area contributed by atoms with Crippen molar-refractivity contribution in [2.45, 2.75) is 26.2 Å². The second kappa shape index (κ2) is 10.0. The van der Waals surface area contributed by atoms with Crippen LogP contribution in [0.1, 0.15) is 33.1 Å². The molecule has 1 amide bonds. The third-order valence-electron chi connectivity index (χ3n) is 6.00. The predicted octanol–water partition coefficient (Wildman–Crippen LogP) is 6.19. The number of aryl methyl sites for hydroxylation is 1. The van der Waals surface area contributed by atoms with Crippen LogP contribution in [0.3, 0.4) is 0 Å². The molecule has 0 fully saturated rings. The van der Waals surface area contributed by atoms with Gasteiger partial charge in [0.15, 0.2) is 11.3 Å². The number of para-hydroxylation sites is 1. The number of halogens is 3.